The highest BCUT2D eigenvalue weighted by atomic mass is 16.4. The highest BCUT2D eigenvalue weighted by Gasteiger charge is 2.67. The van der Waals surface area contributed by atoms with Crippen LogP contribution in [0.15, 0.2) is 11.6 Å². The first-order valence-electron chi connectivity index (χ1n) is 13.8. The number of aliphatic carboxylic acids is 1. The number of rotatable bonds is 1. The Kier molecular flexibility index (Phi) is 5.15. The average molecular weight is 457 g/mol. The van der Waals surface area contributed by atoms with Crippen molar-refractivity contribution < 1.29 is 15.0 Å². The van der Waals surface area contributed by atoms with Crippen molar-refractivity contribution >= 4 is 5.97 Å². The van der Waals surface area contributed by atoms with Gasteiger partial charge in [-0.05, 0) is 109 Å². The normalized spacial score (nSPS) is 52.4. The van der Waals surface area contributed by atoms with E-state index in [-0.39, 0.29) is 39.1 Å². The van der Waals surface area contributed by atoms with E-state index in [9.17, 15) is 15.0 Å². The van der Waals surface area contributed by atoms with E-state index >= 15 is 0 Å². The summed E-state index contributed by atoms with van der Waals surface area (Å²) in [6.45, 7) is 16.9. The zero-order valence-electron chi connectivity index (χ0n) is 22.2. The van der Waals surface area contributed by atoms with Crippen LogP contribution in [0.2, 0.25) is 0 Å². The lowest BCUT2D eigenvalue weighted by molar-refractivity contribution is -0.201. The standard InChI is InChI=1S/C30H48O3/c1-26(2)16-19-18(20(17-26)25(32)33)10-14-29(6)21(19)8-9-23-28(5)13-12-24(31)27(3,4)22(28)11-15-30(23,29)7/h8,18-20,22-24,31H,9-17H2,1-7H3,(H,32,33)/t18-,19-,20-,22+,23-,24+,28+,29-,30-/m1/s1. The lowest BCUT2D eigenvalue weighted by Gasteiger charge is -2.70. The lowest BCUT2D eigenvalue weighted by atomic mass is 9.34. The van der Waals surface area contributed by atoms with Gasteiger partial charge in [0.1, 0.15) is 0 Å². The fraction of sp³-hybridized carbons (Fsp3) is 0.900. The van der Waals surface area contributed by atoms with Crippen LogP contribution in [0.5, 0.6) is 0 Å². The van der Waals surface area contributed by atoms with E-state index in [0.29, 0.717) is 23.7 Å². The molecule has 0 spiro atoms. The van der Waals surface area contributed by atoms with Gasteiger partial charge < -0.3 is 10.2 Å². The topological polar surface area (TPSA) is 57.5 Å². The van der Waals surface area contributed by atoms with E-state index in [2.05, 4.69) is 54.5 Å². The molecule has 2 N–H and O–H groups in total. The Hall–Kier alpha value is -0.830. The van der Waals surface area contributed by atoms with Crippen LogP contribution in [0.1, 0.15) is 106 Å². The van der Waals surface area contributed by atoms with Crippen LogP contribution in [0.25, 0.3) is 0 Å². The Bertz CT molecular complexity index is 870. The number of hydrogen-bond acceptors (Lipinski definition) is 2. The third-order valence-electron chi connectivity index (χ3n) is 12.8. The molecular weight excluding hydrogens is 408 g/mol. The van der Waals surface area contributed by atoms with Crippen molar-refractivity contribution in [2.75, 3.05) is 0 Å². The minimum Gasteiger partial charge on any atom is -0.481 e. The van der Waals surface area contributed by atoms with Crippen LogP contribution in [-0.2, 0) is 4.79 Å². The SMILES string of the molecule is CC1(C)C[C@@H](C(=O)O)[C@@H]2CC[C@]3(C)C(=CC[C@@H]4[C@@]5(C)CC[C@H](O)C(C)(C)[C@@H]5CC[C@]43C)[C@@H]2C1. The fourth-order valence-electron chi connectivity index (χ4n) is 10.8. The van der Waals surface area contributed by atoms with Crippen molar-refractivity contribution in [3.63, 3.8) is 0 Å². The number of aliphatic hydroxyl groups excluding tert-OH is 1. The van der Waals surface area contributed by atoms with Crippen LogP contribution in [0.4, 0.5) is 0 Å². The zero-order valence-corrected chi connectivity index (χ0v) is 22.2. The summed E-state index contributed by atoms with van der Waals surface area (Å²) in [4.78, 5) is 12.3. The molecule has 4 saturated carbocycles. The number of carboxylic acids is 1. The van der Waals surface area contributed by atoms with Crippen molar-refractivity contribution in [3.8, 4) is 0 Å². The molecule has 0 heterocycles. The Morgan fingerprint density at radius 1 is 0.909 bits per heavy atom. The first-order valence-corrected chi connectivity index (χ1v) is 13.8. The smallest absolute Gasteiger partial charge is 0.306 e. The molecular formula is C30H48O3. The van der Waals surface area contributed by atoms with Crippen LogP contribution < -0.4 is 0 Å². The molecule has 5 aliphatic rings. The Morgan fingerprint density at radius 3 is 2.27 bits per heavy atom. The Balaban J connectivity index is 1.56. The molecule has 5 aliphatic carbocycles. The molecule has 0 radical (unpaired) electrons. The molecule has 0 bridgehead atoms. The van der Waals surface area contributed by atoms with Gasteiger partial charge in [0.05, 0.1) is 12.0 Å². The zero-order chi connectivity index (χ0) is 24.2. The second-order valence-electron chi connectivity index (χ2n) is 15.0. The Morgan fingerprint density at radius 2 is 1.61 bits per heavy atom. The fourth-order valence-corrected chi connectivity index (χ4v) is 10.8. The maximum Gasteiger partial charge on any atom is 0.306 e. The summed E-state index contributed by atoms with van der Waals surface area (Å²) in [5.74, 6) is 1.20. The van der Waals surface area contributed by atoms with Gasteiger partial charge in [0.2, 0.25) is 0 Å². The molecule has 0 unspecified atom stereocenters. The quantitative estimate of drug-likeness (QED) is 0.414. The molecule has 4 fully saturated rings. The molecule has 0 aliphatic heterocycles. The van der Waals surface area contributed by atoms with E-state index in [4.69, 9.17) is 0 Å². The molecule has 3 heteroatoms. The van der Waals surface area contributed by atoms with Crippen molar-refractivity contribution in [3.05, 3.63) is 11.6 Å². The predicted molar refractivity (Wildman–Crippen MR) is 133 cm³/mol. The molecule has 5 rings (SSSR count). The van der Waals surface area contributed by atoms with Gasteiger partial charge in [-0.3, -0.25) is 4.79 Å². The van der Waals surface area contributed by atoms with Crippen LogP contribution in [0, 0.1) is 56.7 Å². The van der Waals surface area contributed by atoms with E-state index < -0.39 is 5.97 Å². The monoisotopic (exact) mass is 456 g/mol. The second kappa shape index (κ2) is 7.11. The Labute approximate surface area is 201 Å². The van der Waals surface area contributed by atoms with Gasteiger partial charge >= 0.3 is 5.97 Å². The van der Waals surface area contributed by atoms with Gasteiger partial charge in [-0.25, -0.2) is 0 Å². The van der Waals surface area contributed by atoms with Crippen molar-refractivity contribution in [2.24, 2.45) is 56.7 Å². The predicted octanol–water partition coefficient (Wildman–Crippen LogP) is 7.09. The summed E-state index contributed by atoms with van der Waals surface area (Å²) in [7, 11) is 0. The highest BCUT2D eigenvalue weighted by Crippen LogP contribution is 2.74. The summed E-state index contributed by atoms with van der Waals surface area (Å²) < 4.78 is 0. The minimum absolute atomic E-state index is 0.0149. The van der Waals surface area contributed by atoms with E-state index in [0.717, 1.165) is 44.9 Å². The van der Waals surface area contributed by atoms with Crippen LogP contribution >= 0.6 is 0 Å². The highest BCUT2D eigenvalue weighted by molar-refractivity contribution is 5.71. The van der Waals surface area contributed by atoms with Crippen LogP contribution in [0.3, 0.4) is 0 Å². The molecule has 33 heavy (non-hydrogen) atoms. The number of carbonyl (C=O) groups is 1. The summed E-state index contributed by atoms with van der Waals surface area (Å²) in [5.41, 5.74) is 2.40. The van der Waals surface area contributed by atoms with Crippen LogP contribution in [-0.4, -0.2) is 22.3 Å². The number of allylic oxidation sites excluding steroid dienone is 2. The van der Waals surface area contributed by atoms with Gasteiger partial charge in [-0.1, -0.05) is 60.1 Å². The summed E-state index contributed by atoms with van der Waals surface area (Å²) >= 11 is 0. The molecule has 0 aromatic heterocycles. The average Bonchev–Trinajstić information content (AvgIpc) is 2.70. The number of fused-ring (bicyclic) bond motifs is 7. The lowest BCUT2D eigenvalue weighted by Crippen LogP contribution is -2.64. The molecule has 3 nitrogen and oxygen atoms in total. The first-order chi connectivity index (χ1) is 15.2. The van der Waals surface area contributed by atoms with Gasteiger partial charge in [0.15, 0.2) is 0 Å². The summed E-state index contributed by atoms with van der Waals surface area (Å²) in [6.07, 6.45) is 12.3. The van der Waals surface area contributed by atoms with E-state index in [1.165, 1.54) is 12.8 Å². The van der Waals surface area contributed by atoms with Gasteiger partial charge in [-0.15, -0.1) is 0 Å². The number of aliphatic hydroxyl groups is 1. The maximum atomic E-state index is 12.3. The van der Waals surface area contributed by atoms with Gasteiger partial charge in [0.25, 0.3) is 0 Å². The molecule has 0 amide bonds. The van der Waals surface area contributed by atoms with Crippen molar-refractivity contribution in [2.45, 2.75) is 112 Å². The third kappa shape index (κ3) is 3.06. The summed E-state index contributed by atoms with van der Waals surface area (Å²) in [6, 6.07) is 0. The van der Waals surface area contributed by atoms with Crippen molar-refractivity contribution in [1.82, 2.24) is 0 Å². The molecule has 0 aromatic rings. The van der Waals surface area contributed by atoms with Gasteiger partial charge in [-0.2, -0.15) is 0 Å². The molecule has 9 atom stereocenters. The third-order valence-corrected chi connectivity index (χ3v) is 12.8. The largest absolute Gasteiger partial charge is 0.481 e. The number of hydrogen-bond donors (Lipinski definition) is 2. The molecule has 0 saturated heterocycles. The summed E-state index contributed by atoms with van der Waals surface area (Å²) in [5, 5.41) is 21.0. The minimum atomic E-state index is -0.571. The van der Waals surface area contributed by atoms with Crippen molar-refractivity contribution in [1.29, 1.82) is 0 Å². The van der Waals surface area contributed by atoms with E-state index in [1.807, 2.05) is 0 Å². The second-order valence-corrected chi connectivity index (χ2v) is 15.0. The maximum absolute atomic E-state index is 12.3. The molecule has 0 aromatic carbocycles. The first kappa shape index (κ1) is 23.9. The van der Waals surface area contributed by atoms with Gasteiger partial charge in [0, 0.05) is 0 Å². The van der Waals surface area contributed by atoms with E-state index in [1.54, 1.807) is 5.57 Å². The number of carboxylic acid groups (broad SMARTS) is 1. The molecule has 186 valence electrons.